The molecule has 1 fully saturated rings. The van der Waals surface area contributed by atoms with Gasteiger partial charge in [0.25, 0.3) is 0 Å². The molecule has 7 nitrogen and oxygen atoms in total. The van der Waals surface area contributed by atoms with Crippen LogP contribution >= 0.6 is 11.6 Å². The number of carbonyl (C=O) groups excluding carboxylic acids is 3. The predicted molar refractivity (Wildman–Crippen MR) is 137 cm³/mol. The SMILES string of the molecule is CCOC(=O)[C@H]1[C@@H]2C(=O)N([C@@H](CO)Cc3ccccc3)[C@H](C(=O)Nc3ccccc3Cl)[C@H]2C=C[C@H]1C. The second kappa shape index (κ2) is 11.3. The molecular weight excluding hydrogens is 480 g/mol. The number of benzene rings is 2. The molecule has 36 heavy (non-hydrogen) atoms. The topological polar surface area (TPSA) is 95.9 Å². The molecule has 1 aliphatic carbocycles. The first-order valence-electron chi connectivity index (χ1n) is 12.2. The van der Waals surface area contributed by atoms with E-state index in [0.717, 1.165) is 5.56 Å². The van der Waals surface area contributed by atoms with Crippen LogP contribution in [-0.4, -0.2) is 53.1 Å². The normalized spacial score (nSPS) is 25.8. The summed E-state index contributed by atoms with van der Waals surface area (Å²) < 4.78 is 5.32. The van der Waals surface area contributed by atoms with E-state index in [2.05, 4.69) is 5.32 Å². The molecule has 2 amide bonds. The summed E-state index contributed by atoms with van der Waals surface area (Å²) in [4.78, 5) is 42.2. The number of fused-ring (bicyclic) bond motifs is 1. The molecule has 0 spiro atoms. The van der Waals surface area contributed by atoms with Crippen LogP contribution in [0.15, 0.2) is 66.7 Å². The zero-order valence-electron chi connectivity index (χ0n) is 20.3. The lowest BCUT2D eigenvalue weighted by atomic mass is 9.70. The number of aliphatic hydroxyl groups excluding tert-OH is 1. The molecule has 2 N–H and O–H groups in total. The summed E-state index contributed by atoms with van der Waals surface area (Å²) in [6, 6.07) is 14.8. The Labute approximate surface area is 216 Å². The fourth-order valence-corrected chi connectivity index (χ4v) is 5.62. The van der Waals surface area contributed by atoms with Crippen LogP contribution in [-0.2, 0) is 25.5 Å². The van der Waals surface area contributed by atoms with Gasteiger partial charge in [-0.25, -0.2) is 0 Å². The lowest BCUT2D eigenvalue weighted by molar-refractivity contribution is -0.155. The minimum Gasteiger partial charge on any atom is -0.466 e. The van der Waals surface area contributed by atoms with Crippen LogP contribution < -0.4 is 5.32 Å². The largest absolute Gasteiger partial charge is 0.466 e. The second-order valence-corrected chi connectivity index (χ2v) is 9.72. The molecule has 1 saturated heterocycles. The Morgan fingerprint density at radius 2 is 1.81 bits per heavy atom. The Kier molecular flexibility index (Phi) is 8.11. The van der Waals surface area contributed by atoms with Crippen molar-refractivity contribution in [3.05, 3.63) is 77.3 Å². The fourth-order valence-electron chi connectivity index (χ4n) is 5.44. The summed E-state index contributed by atoms with van der Waals surface area (Å²) in [6.45, 7) is 3.46. The van der Waals surface area contributed by atoms with E-state index in [-0.39, 0.29) is 25.0 Å². The van der Waals surface area contributed by atoms with Crippen LogP contribution in [0.3, 0.4) is 0 Å². The molecule has 1 heterocycles. The number of nitrogens with one attached hydrogen (secondary N) is 1. The number of hydrogen-bond acceptors (Lipinski definition) is 5. The summed E-state index contributed by atoms with van der Waals surface area (Å²) in [5, 5.41) is 13.6. The van der Waals surface area contributed by atoms with Gasteiger partial charge in [0.2, 0.25) is 11.8 Å². The van der Waals surface area contributed by atoms with E-state index in [1.54, 1.807) is 31.2 Å². The van der Waals surface area contributed by atoms with Crippen LogP contribution in [0.25, 0.3) is 0 Å². The van der Waals surface area contributed by atoms with Crippen molar-refractivity contribution in [1.82, 2.24) is 4.90 Å². The zero-order valence-corrected chi connectivity index (χ0v) is 21.1. The molecular formula is C28H31ClN2O5. The first kappa shape index (κ1) is 25.9. The van der Waals surface area contributed by atoms with E-state index in [1.807, 2.05) is 49.4 Å². The van der Waals surface area contributed by atoms with Gasteiger partial charge in [0.05, 0.1) is 41.8 Å². The van der Waals surface area contributed by atoms with E-state index in [9.17, 15) is 19.5 Å². The molecule has 2 aromatic carbocycles. The smallest absolute Gasteiger partial charge is 0.310 e. The molecule has 2 aromatic rings. The number of hydrogen-bond donors (Lipinski definition) is 2. The van der Waals surface area contributed by atoms with Gasteiger partial charge in [0.15, 0.2) is 0 Å². The highest BCUT2D eigenvalue weighted by molar-refractivity contribution is 6.33. The molecule has 8 heteroatoms. The van der Waals surface area contributed by atoms with Crippen LogP contribution in [0.4, 0.5) is 5.69 Å². The highest BCUT2D eigenvalue weighted by atomic mass is 35.5. The monoisotopic (exact) mass is 510 g/mol. The van der Waals surface area contributed by atoms with Gasteiger partial charge in [0, 0.05) is 5.92 Å². The molecule has 1 aliphatic heterocycles. The minimum atomic E-state index is -0.930. The Bertz CT molecular complexity index is 1140. The molecule has 4 rings (SSSR count). The number of aliphatic hydroxyl groups is 1. The molecule has 0 radical (unpaired) electrons. The average molecular weight is 511 g/mol. The van der Waals surface area contributed by atoms with Gasteiger partial charge in [-0.15, -0.1) is 0 Å². The number of anilines is 1. The van der Waals surface area contributed by atoms with Gasteiger partial charge in [-0.3, -0.25) is 14.4 Å². The second-order valence-electron chi connectivity index (χ2n) is 9.31. The van der Waals surface area contributed by atoms with Crippen molar-refractivity contribution in [2.45, 2.75) is 32.4 Å². The summed E-state index contributed by atoms with van der Waals surface area (Å²) >= 11 is 6.28. The van der Waals surface area contributed by atoms with Crippen LogP contribution in [0.2, 0.25) is 5.02 Å². The van der Waals surface area contributed by atoms with Crippen molar-refractivity contribution >= 4 is 35.1 Å². The zero-order chi connectivity index (χ0) is 25.8. The van der Waals surface area contributed by atoms with Gasteiger partial charge >= 0.3 is 5.97 Å². The van der Waals surface area contributed by atoms with Crippen molar-refractivity contribution in [3.8, 4) is 0 Å². The molecule has 0 bridgehead atoms. The first-order valence-corrected chi connectivity index (χ1v) is 12.6. The number of halogens is 1. The number of rotatable bonds is 8. The summed E-state index contributed by atoms with van der Waals surface area (Å²) in [5.74, 6) is -3.48. The third kappa shape index (κ3) is 5.04. The van der Waals surface area contributed by atoms with Crippen molar-refractivity contribution < 1.29 is 24.2 Å². The standard InChI is InChI=1S/C28H31ClN2O5/c1-3-36-28(35)23-17(2)13-14-20-24(23)27(34)31(19(16-32)15-18-9-5-4-6-10-18)25(20)26(33)30-22-12-8-7-11-21(22)29/h4-14,17,19-20,23-25,32H,3,15-16H2,1-2H3,(H,30,33)/t17-,19-,20+,23-,24-,25+/m1/s1. The highest BCUT2D eigenvalue weighted by Crippen LogP contribution is 2.45. The maximum absolute atomic E-state index is 14.0. The third-order valence-electron chi connectivity index (χ3n) is 7.09. The molecule has 0 aromatic heterocycles. The van der Waals surface area contributed by atoms with Gasteiger partial charge in [-0.05, 0) is 37.0 Å². The Morgan fingerprint density at radius 3 is 2.47 bits per heavy atom. The van der Waals surface area contributed by atoms with Gasteiger partial charge in [-0.1, -0.05) is 73.1 Å². The number of carbonyl (C=O) groups is 3. The molecule has 2 aliphatic rings. The first-order chi connectivity index (χ1) is 17.4. The van der Waals surface area contributed by atoms with Gasteiger partial charge in [-0.2, -0.15) is 0 Å². The van der Waals surface area contributed by atoms with Crippen LogP contribution in [0.5, 0.6) is 0 Å². The van der Waals surface area contributed by atoms with Crippen LogP contribution in [0, 0.1) is 23.7 Å². The number of para-hydroxylation sites is 1. The maximum Gasteiger partial charge on any atom is 0.310 e. The third-order valence-corrected chi connectivity index (χ3v) is 7.42. The Balaban J connectivity index is 1.74. The number of likely N-dealkylation sites (tertiary alicyclic amines) is 1. The number of ether oxygens (including phenoxy) is 1. The lowest BCUT2D eigenvalue weighted by Gasteiger charge is -2.33. The quantitative estimate of drug-likeness (QED) is 0.417. The number of amides is 2. The molecule has 0 unspecified atom stereocenters. The molecule has 190 valence electrons. The van der Waals surface area contributed by atoms with E-state index < -0.39 is 41.7 Å². The van der Waals surface area contributed by atoms with Crippen molar-refractivity contribution in [2.24, 2.45) is 23.7 Å². The fraction of sp³-hybridized carbons (Fsp3) is 0.393. The van der Waals surface area contributed by atoms with E-state index in [4.69, 9.17) is 16.3 Å². The lowest BCUT2D eigenvalue weighted by Crippen LogP contribution is -2.51. The number of esters is 1. The Hall–Kier alpha value is -3.16. The predicted octanol–water partition coefficient (Wildman–Crippen LogP) is 3.71. The van der Waals surface area contributed by atoms with Gasteiger partial charge in [0.1, 0.15) is 6.04 Å². The maximum atomic E-state index is 14.0. The highest BCUT2D eigenvalue weighted by Gasteiger charge is 2.58. The van der Waals surface area contributed by atoms with Crippen molar-refractivity contribution in [2.75, 3.05) is 18.5 Å². The molecule has 0 saturated carbocycles. The van der Waals surface area contributed by atoms with E-state index in [0.29, 0.717) is 17.1 Å². The van der Waals surface area contributed by atoms with E-state index in [1.165, 1.54) is 4.90 Å². The van der Waals surface area contributed by atoms with Crippen molar-refractivity contribution in [1.29, 1.82) is 0 Å². The summed E-state index contributed by atoms with van der Waals surface area (Å²) in [5.41, 5.74) is 1.36. The average Bonchev–Trinajstić information content (AvgIpc) is 3.16. The van der Waals surface area contributed by atoms with E-state index >= 15 is 0 Å². The number of nitrogens with zero attached hydrogens (tertiary/aromatic N) is 1. The summed E-state index contributed by atoms with van der Waals surface area (Å²) in [7, 11) is 0. The van der Waals surface area contributed by atoms with Crippen molar-refractivity contribution in [3.63, 3.8) is 0 Å². The minimum absolute atomic E-state index is 0.199. The van der Waals surface area contributed by atoms with Crippen LogP contribution in [0.1, 0.15) is 19.4 Å². The van der Waals surface area contributed by atoms with Gasteiger partial charge < -0.3 is 20.1 Å². The number of allylic oxidation sites excluding steroid dienone is 1. The summed E-state index contributed by atoms with van der Waals surface area (Å²) in [6.07, 6.45) is 4.10. The Morgan fingerprint density at radius 1 is 1.11 bits per heavy atom. The molecule has 6 atom stereocenters.